The lowest BCUT2D eigenvalue weighted by Gasteiger charge is -2.48. The summed E-state index contributed by atoms with van der Waals surface area (Å²) < 4.78 is 0. The Morgan fingerprint density at radius 3 is 2.67 bits per heavy atom. The second kappa shape index (κ2) is 2.46. The van der Waals surface area contributed by atoms with Crippen molar-refractivity contribution in [3.05, 3.63) is 0 Å². The molecule has 0 radical (unpaired) electrons. The van der Waals surface area contributed by atoms with Crippen LogP contribution in [0.15, 0.2) is 0 Å². The topological polar surface area (TPSA) is 38.0 Å². The standard InChI is InChI=1S/C10H18N2/c11-10-3-6-1-2-7(10)9-5-12-4-8(6)9/h6-10,12H,1-5,11H2/t6-,7-,8+,9-,10-/m1/s1. The van der Waals surface area contributed by atoms with Gasteiger partial charge in [-0.05, 0) is 56.0 Å². The molecule has 2 nitrogen and oxygen atoms in total. The van der Waals surface area contributed by atoms with Gasteiger partial charge in [-0.3, -0.25) is 0 Å². The van der Waals surface area contributed by atoms with Crippen LogP contribution in [0.1, 0.15) is 19.3 Å². The Bertz CT molecular complexity index is 192. The number of nitrogens with one attached hydrogen (secondary N) is 1. The van der Waals surface area contributed by atoms with E-state index >= 15 is 0 Å². The third-order valence-electron chi connectivity index (χ3n) is 4.46. The van der Waals surface area contributed by atoms with E-state index in [1.807, 2.05) is 0 Å². The molecule has 0 amide bonds. The minimum absolute atomic E-state index is 0.532. The molecule has 2 heteroatoms. The molecule has 3 N–H and O–H groups in total. The Kier molecular flexibility index (Phi) is 1.50. The lowest BCUT2D eigenvalue weighted by atomic mass is 9.58. The van der Waals surface area contributed by atoms with E-state index in [4.69, 9.17) is 5.73 Å². The average Bonchev–Trinajstić information content (AvgIpc) is 2.53. The Balaban J connectivity index is 1.90. The van der Waals surface area contributed by atoms with Gasteiger partial charge in [-0.2, -0.15) is 0 Å². The van der Waals surface area contributed by atoms with Crippen LogP contribution in [-0.4, -0.2) is 19.1 Å². The molecule has 0 aromatic heterocycles. The molecular formula is C10H18N2. The highest BCUT2D eigenvalue weighted by molar-refractivity contribution is 5.02. The molecule has 0 aromatic rings. The van der Waals surface area contributed by atoms with Crippen LogP contribution >= 0.6 is 0 Å². The zero-order valence-electron chi connectivity index (χ0n) is 7.50. The van der Waals surface area contributed by atoms with E-state index in [1.54, 1.807) is 0 Å². The first-order chi connectivity index (χ1) is 5.86. The molecular weight excluding hydrogens is 148 g/mol. The van der Waals surface area contributed by atoms with Crippen molar-refractivity contribution in [2.24, 2.45) is 29.4 Å². The number of fused-ring (bicyclic) bond motifs is 2. The number of rotatable bonds is 0. The van der Waals surface area contributed by atoms with Crippen LogP contribution < -0.4 is 11.1 Å². The van der Waals surface area contributed by atoms with Gasteiger partial charge in [0.15, 0.2) is 0 Å². The number of nitrogens with two attached hydrogens (primary N) is 1. The summed E-state index contributed by atoms with van der Waals surface area (Å²) >= 11 is 0. The molecule has 5 atom stereocenters. The van der Waals surface area contributed by atoms with Gasteiger partial charge in [0.1, 0.15) is 0 Å². The molecule has 1 saturated heterocycles. The fraction of sp³-hybridized carbons (Fsp3) is 1.00. The SMILES string of the molecule is N[C@@H]1C[C@H]2CC[C@@H]1[C@H]1CNC[C@@H]21. The van der Waals surface area contributed by atoms with Gasteiger partial charge >= 0.3 is 0 Å². The molecule has 4 aliphatic rings. The zero-order chi connectivity index (χ0) is 8.13. The summed E-state index contributed by atoms with van der Waals surface area (Å²) in [6.07, 6.45) is 4.18. The predicted octanol–water partition coefficient (Wildman–Crippen LogP) is 0.579. The van der Waals surface area contributed by atoms with E-state index in [0.717, 1.165) is 23.7 Å². The van der Waals surface area contributed by atoms with E-state index < -0.39 is 0 Å². The Morgan fingerprint density at radius 1 is 1.00 bits per heavy atom. The van der Waals surface area contributed by atoms with Crippen molar-refractivity contribution < 1.29 is 0 Å². The molecule has 3 aliphatic carbocycles. The Labute approximate surface area is 73.9 Å². The summed E-state index contributed by atoms with van der Waals surface area (Å²) in [4.78, 5) is 0. The van der Waals surface area contributed by atoms with Crippen molar-refractivity contribution in [1.29, 1.82) is 0 Å². The van der Waals surface area contributed by atoms with Crippen molar-refractivity contribution in [1.82, 2.24) is 5.32 Å². The minimum Gasteiger partial charge on any atom is -0.327 e. The third-order valence-corrected chi connectivity index (χ3v) is 4.46. The van der Waals surface area contributed by atoms with Crippen LogP contribution in [0.5, 0.6) is 0 Å². The highest BCUT2D eigenvalue weighted by atomic mass is 14.9. The zero-order valence-corrected chi connectivity index (χ0v) is 7.50. The van der Waals surface area contributed by atoms with Crippen LogP contribution in [0.4, 0.5) is 0 Å². The van der Waals surface area contributed by atoms with Crippen molar-refractivity contribution in [2.45, 2.75) is 25.3 Å². The Hall–Kier alpha value is -0.0800. The molecule has 1 aliphatic heterocycles. The number of hydrogen-bond donors (Lipinski definition) is 2. The van der Waals surface area contributed by atoms with E-state index in [-0.39, 0.29) is 0 Å². The summed E-state index contributed by atoms with van der Waals surface area (Å²) in [6.45, 7) is 2.53. The van der Waals surface area contributed by atoms with Crippen molar-refractivity contribution >= 4 is 0 Å². The van der Waals surface area contributed by atoms with Gasteiger partial charge in [0.25, 0.3) is 0 Å². The summed E-state index contributed by atoms with van der Waals surface area (Å²) in [5.41, 5.74) is 6.15. The van der Waals surface area contributed by atoms with Crippen molar-refractivity contribution in [3.8, 4) is 0 Å². The smallest absolute Gasteiger partial charge is 0.00731 e. The molecule has 0 unspecified atom stereocenters. The third kappa shape index (κ3) is 0.826. The molecule has 0 aromatic carbocycles. The molecule has 1 heterocycles. The van der Waals surface area contributed by atoms with Gasteiger partial charge in [0.2, 0.25) is 0 Å². The summed E-state index contributed by atoms with van der Waals surface area (Å²) in [5.74, 6) is 3.75. The quantitative estimate of drug-likeness (QED) is 0.552. The summed E-state index contributed by atoms with van der Waals surface area (Å²) in [5, 5.41) is 3.53. The largest absolute Gasteiger partial charge is 0.327 e. The monoisotopic (exact) mass is 166 g/mol. The average molecular weight is 166 g/mol. The van der Waals surface area contributed by atoms with E-state index in [0.29, 0.717) is 6.04 Å². The molecule has 3 saturated carbocycles. The van der Waals surface area contributed by atoms with Gasteiger partial charge in [-0.15, -0.1) is 0 Å². The molecule has 68 valence electrons. The molecule has 4 fully saturated rings. The second-order valence-electron chi connectivity index (χ2n) is 4.89. The molecule has 12 heavy (non-hydrogen) atoms. The van der Waals surface area contributed by atoms with E-state index in [2.05, 4.69) is 5.32 Å². The minimum atomic E-state index is 0.532. The van der Waals surface area contributed by atoms with Gasteiger partial charge in [0.05, 0.1) is 0 Å². The van der Waals surface area contributed by atoms with E-state index in [1.165, 1.54) is 32.4 Å². The van der Waals surface area contributed by atoms with Crippen molar-refractivity contribution in [3.63, 3.8) is 0 Å². The molecule has 2 bridgehead atoms. The van der Waals surface area contributed by atoms with Gasteiger partial charge in [-0.1, -0.05) is 0 Å². The lowest BCUT2D eigenvalue weighted by molar-refractivity contribution is 0.0387. The maximum absolute atomic E-state index is 6.15. The van der Waals surface area contributed by atoms with Crippen LogP contribution in [0.3, 0.4) is 0 Å². The number of hydrogen-bond acceptors (Lipinski definition) is 2. The predicted molar refractivity (Wildman–Crippen MR) is 48.7 cm³/mol. The summed E-state index contributed by atoms with van der Waals surface area (Å²) in [6, 6.07) is 0.532. The molecule has 0 spiro atoms. The van der Waals surface area contributed by atoms with Crippen LogP contribution in [0, 0.1) is 23.7 Å². The van der Waals surface area contributed by atoms with Crippen LogP contribution in [0.25, 0.3) is 0 Å². The highest BCUT2D eigenvalue weighted by Gasteiger charge is 2.48. The first-order valence-corrected chi connectivity index (χ1v) is 5.32. The second-order valence-corrected chi connectivity index (χ2v) is 4.89. The summed E-state index contributed by atoms with van der Waals surface area (Å²) in [7, 11) is 0. The van der Waals surface area contributed by atoms with Crippen LogP contribution in [-0.2, 0) is 0 Å². The highest BCUT2D eigenvalue weighted by Crippen LogP contribution is 2.49. The first-order valence-electron chi connectivity index (χ1n) is 5.32. The maximum Gasteiger partial charge on any atom is 0.00731 e. The van der Waals surface area contributed by atoms with E-state index in [9.17, 15) is 0 Å². The van der Waals surface area contributed by atoms with Gasteiger partial charge in [-0.25, -0.2) is 0 Å². The Morgan fingerprint density at radius 2 is 1.83 bits per heavy atom. The fourth-order valence-electron chi connectivity index (χ4n) is 3.89. The van der Waals surface area contributed by atoms with Crippen LogP contribution in [0.2, 0.25) is 0 Å². The molecule has 4 rings (SSSR count). The van der Waals surface area contributed by atoms with Crippen molar-refractivity contribution in [2.75, 3.05) is 13.1 Å². The van der Waals surface area contributed by atoms with Gasteiger partial charge < -0.3 is 11.1 Å². The van der Waals surface area contributed by atoms with Gasteiger partial charge in [0, 0.05) is 6.04 Å². The lowest BCUT2D eigenvalue weighted by Crippen LogP contribution is -2.50. The maximum atomic E-state index is 6.15. The normalized spacial score (nSPS) is 57.2. The fourth-order valence-corrected chi connectivity index (χ4v) is 3.89. The first kappa shape index (κ1) is 7.34.